The zero-order chi connectivity index (χ0) is 27.8. The molecule has 0 aromatic heterocycles. The fourth-order valence-corrected chi connectivity index (χ4v) is 6.04. The van der Waals surface area contributed by atoms with E-state index in [1.807, 2.05) is 0 Å². The van der Waals surface area contributed by atoms with Gasteiger partial charge in [-0.2, -0.15) is 0 Å². The Balaban J connectivity index is 0.00000127. The molecule has 1 fully saturated rings. The number of aliphatic carboxylic acids is 1. The molecule has 1 aliphatic carbocycles. The molecule has 0 aliphatic heterocycles. The van der Waals surface area contributed by atoms with Gasteiger partial charge >= 0.3 is 5.97 Å². The first-order chi connectivity index (χ1) is 18.7. The molecule has 0 aromatic carbocycles. The Morgan fingerprint density at radius 1 is 0.447 bits per heavy atom. The lowest BCUT2D eigenvalue weighted by molar-refractivity contribution is -0.137. The van der Waals surface area contributed by atoms with Crippen molar-refractivity contribution in [1.82, 2.24) is 0 Å². The van der Waals surface area contributed by atoms with E-state index < -0.39 is 5.97 Å². The average molecular weight is 537 g/mol. The Morgan fingerprint density at radius 2 is 0.711 bits per heavy atom. The van der Waals surface area contributed by atoms with Crippen LogP contribution in [0.1, 0.15) is 219 Å². The van der Waals surface area contributed by atoms with Gasteiger partial charge in [0.25, 0.3) is 0 Å². The highest BCUT2D eigenvalue weighted by atomic mass is 16.4. The Labute approximate surface area is 240 Å². The minimum atomic E-state index is -0.645. The minimum absolute atomic E-state index is 0.346. The number of carboxylic acids is 1. The van der Waals surface area contributed by atoms with Crippen LogP contribution in [0.2, 0.25) is 0 Å². The van der Waals surface area contributed by atoms with Crippen LogP contribution in [0.15, 0.2) is 0 Å². The summed E-state index contributed by atoms with van der Waals surface area (Å²) in [6.07, 6.45) is 43.9. The molecule has 38 heavy (non-hydrogen) atoms. The van der Waals surface area contributed by atoms with Gasteiger partial charge in [0.1, 0.15) is 0 Å². The van der Waals surface area contributed by atoms with Gasteiger partial charge in [-0.3, -0.25) is 4.79 Å². The van der Waals surface area contributed by atoms with E-state index in [0.717, 1.165) is 18.8 Å². The van der Waals surface area contributed by atoms with Crippen molar-refractivity contribution in [2.45, 2.75) is 219 Å². The molecule has 1 atom stereocenters. The van der Waals surface area contributed by atoms with Crippen LogP contribution in [0.3, 0.4) is 0 Å². The molecule has 1 N–H and O–H groups in total. The van der Waals surface area contributed by atoms with Gasteiger partial charge in [0, 0.05) is 6.42 Å². The molecule has 0 bridgehead atoms. The number of hydrogen-bond acceptors (Lipinski definition) is 1. The van der Waals surface area contributed by atoms with Crippen molar-refractivity contribution < 1.29 is 9.90 Å². The predicted molar refractivity (Wildman–Crippen MR) is 170 cm³/mol. The fraction of sp³-hybridized carbons (Fsp3) is 0.972. The highest BCUT2D eigenvalue weighted by molar-refractivity contribution is 5.66. The van der Waals surface area contributed by atoms with Crippen molar-refractivity contribution in [2.24, 2.45) is 5.92 Å². The first-order valence-electron chi connectivity index (χ1n) is 17.9. The molecule has 1 saturated carbocycles. The van der Waals surface area contributed by atoms with E-state index in [9.17, 15) is 4.79 Å². The molecule has 228 valence electrons. The largest absolute Gasteiger partial charge is 0.481 e. The minimum Gasteiger partial charge on any atom is -0.481 e. The lowest BCUT2D eigenvalue weighted by Gasteiger charge is -2.17. The summed E-state index contributed by atoms with van der Waals surface area (Å²) in [5.41, 5.74) is 0. The lowest BCUT2D eigenvalue weighted by atomic mass is 9.89. The zero-order valence-electron chi connectivity index (χ0n) is 26.6. The van der Waals surface area contributed by atoms with Gasteiger partial charge in [-0.05, 0) is 12.3 Å². The summed E-state index contributed by atoms with van der Waals surface area (Å²) in [6.45, 7) is 4.59. The molecule has 2 nitrogen and oxygen atoms in total. The number of hydrogen-bond donors (Lipinski definition) is 1. The molecule has 0 spiro atoms. The topological polar surface area (TPSA) is 37.3 Å². The summed E-state index contributed by atoms with van der Waals surface area (Å²) in [5.74, 6) is 0.316. The quantitative estimate of drug-likeness (QED) is 0.125. The van der Waals surface area contributed by atoms with E-state index in [0.29, 0.717) is 6.42 Å². The van der Waals surface area contributed by atoms with E-state index in [1.54, 1.807) is 0 Å². The van der Waals surface area contributed by atoms with Crippen LogP contribution in [0.25, 0.3) is 0 Å². The molecule has 0 saturated heterocycles. The SMILES string of the molecule is C1CCCCCCCC1.CCCCCCCCCC(CCCCCCCC)CCCCCCCCC(=O)O. The smallest absolute Gasteiger partial charge is 0.303 e. The van der Waals surface area contributed by atoms with Gasteiger partial charge in [-0.25, -0.2) is 0 Å². The number of unbranched alkanes of at least 4 members (excludes halogenated alkanes) is 16. The molecule has 1 unspecified atom stereocenters. The highest BCUT2D eigenvalue weighted by Gasteiger charge is 2.09. The van der Waals surface area contributed by atoms with Crippen LogP contribution in [0.4, 0.5) is 0 Å². The molecule has 1 aliphatic rings. The summed E-state index contributed by atoms with van der Waals surface area (Å²) in [5, 5.41) is 8.69. The number of carbonyl (C=O) groups is 1. The second-order valence-corrected chi connectivity index (χ2v) is 12.6. The molecule has 0 aromatic rings. The summed E-state index contributed by atoms with van der Waals surface area (Å²) < 4.78 is 0. The standard InChI is InChI=1S/C27H54O2.C9H18/c1-3-5-7-9-11-15-19-23-26(22-18-14-10-8-6-4-2)24-20-16-12-13-17-21-25-27(28)29;1-2-4-6-8-9-7-5-3-1/h26H,3-25H2,1-2H3,(H,28,29);1-9H2. The maximum Gasteiger partial charge on any atom is 0.303 e. The number of rotatable bonds is 24. The summed E-state index contributed by atoms with van der Waals surface area (Å²) >= 11 is 0. The van der Waals surface area contributed by atoms with Crippen LogP contribution in [-0.4, -0.2) is 11.1 Å². The van der Waals surface area contributed by atoms with Crippen LogP contribution in [0.5, 0.6) is 0 Å². The third kappa shape index (κ3) is 31.7. The van der Waals surface area contributed by atoms with Crippen molar-refractivity contribution in [3.63, 3.8) is 0 Å². The van der Waals surface area contributed by atoms with Crippen molar-refractivity contribution in [3.05, 3.63) is 0 Å². The molecule has 1 rings (SSSR count). The summed E-state index contributed by atoms with van der Waals surface area (Å²) in [4.78, 5) is 10.5. The van der Waals surface area contributed by atoms with Gasteiger partial charge in [0.15, 0.2) is 0 Å². The van der Waals surface area contributed by atoms with Gasteiger partial charge in [0.2, 0.25) is 0 Å². The Kier molecular flexibility index (Phi) is 32.2. The normalized spacial score (nSPS) is 15.1. The van der Waals surface area contributed by atoms with Crippen molar-refractivity contribution in [3.8, 4) is 0 Å². The molecule has 0 heterocycles. The summed E-state index contributed by atoms with van der Waals surface area (Å²) in [6, 6.07) is 0. The first-order valence-corrected chi connectivity index (χ1v) is 17.9. The third-order valence-corrected chi connectivity index (χ3v) is 8.68. The zero-order valence-corrected chi connectivity index (χ0v) is 26.6. The van der Waals surface area contributed by atoms with E-state index >= 15 is 0 Å². The van der Waals surface area contributed by atoms with Crippen LogP contribution in [0, 0.1) is 5.92 Å². The van der Waals surface area contributed by atoms with E-state index in [-0.39, 0.29) is 0 Å². The Morgan fingerprint density at radius 3 is 1.00 bits per heavy atom. The van der Waals surface area contributed by atoms with Crippen LogP contribution >= 0.6 is 0 Å². The molecular weight excluding hydrogens is 464 g/mol. The highest BCUT2D eigenvalue weighted by Crippen LogP contribution is 2.25. The maximum absolute atomic E-state index is 10.5. The van der Waals surface area contributed by atoms with E-state index in [2.05, 4.69) is 13.8 Å². The summed E-state index contributed by atoms with van der Waals surface area (Å²) in [7, 11) is 0. The average Bonchev–Trinajstić information content (AvgIpc) is 3.07. The predicted octanol–water partition coefficient (Wildman–Crippen LogP) is 13.2. The van der Waals surface area contributed by atoms with E-state index in [4.69, 9.17) is 5.11 Å². The lowest BCUT2D eigenvalue weighted by Crippen LogP contribution is -2.02. The van der Waals surface area contributed by atoms with E-state index in [1.165, 1.54) is 186 Å². The second-order valence-electron chi connectivity index (χ2n) is 12.6. The van der Waals surface area contributed by atoms with Gasteiger partial charge in [0.05, 0.1) is 0 Å². The van der Waals surface area contributed by atoms with Crippen LogP contribution < -0.4 is 0 Å². The van der Waals surface area contributed by atoms with Crippen molar-refractivity contribution >= 4 is 5.97 Å². The fourth-order valence-electron chi connectivity index (χ4n) is 6.04. The van der Waals surface area contributed by atoms with Crippen molar-refractivity contribution in [2.75, 3.05) is 0 Å². The molecule has 2 heteroatoms. The van der Waals surface area contributed by atoms with Gasteiger partial charge < -0.3 is 5.11 Å². The Bertz CT molecular complexity index is 418. The molecule has 0 radical (unpaired) electrons. The first kappa shape index (κ1) is 37.5. The van der Waals surface area contributed by atoms with Crippen LogP contribution in [-0.2, 0) is 4.79 Å². The maximum atomic E-state index is 10.5. The van der Waals surface area contributed by atoms with Gasteiger partial charge in [-0.15, -0.1) is 0 Å². The third-order valence-electron chi connectivity index (χ3n) is 8.68. The Hall–Kier alpha value is -0.530. The molecular formula is C36H72O2. The van der Waals surface area contributed by atoms with Gasteiger partial charge in [-0.1, -0.05) is 206 Å². The van der Waals surface area contributed by atoms with Crippen molar-refractivity contribution in [1.29, 1.82) is 0 Å². The molecule has 0 amide bonds. The monoisotopic (exact) mass is 537 g/mol. The second kappa shape index (κ2) is 32.7. The number of carboxylic acid groups (broad SMARTS) is 1.